The van der Waals surface area contributed by atoms with Crippen molar-refractivity contribution in [2.75, 3.05) is 18.0 Å². The number of rotatable bonds is 6. The van der Waals surface area contributed by atoms with Crippen LogP contribution < -0.4 is 26.4 Å². The maximum Gasteiger partial charge on any atom is 0.347 e. The van der Waals surface area contributed by atoms with Gasteiger partial charge in [-0.05, 0) is 32.0 Å². The molecule has 0 atom stereocenters. The first-order valence-corrected chi connectivity index (χ1v) is 11.8. The predicted octanol–water partition coefficient (Wildman–Crippen LogP) is 4.28. The zero-order valence-electron chi connectivity index (χ0n) is 17.1. The molecule has 0 saturated carbocycles. The van der Waals surface area contributed by atoms with E-state index in [9.17, 15) is 9.36 Å². The molecule has 0 aliphatic heterocycles. The van der Waals surface area contributed by atoms with E-state index in [4.69, 9.17) is 4.42 Å². The molecule has 4 nitrogen and oxygen atoms in total. The first-order chi connectivity index (χ1) is 14.6. The Labute approximate surface area is 176 Å². The van der Waals surface area contributed by atoms with Gasteiger partial charge in [-0.3, -0.25) is 0 Å². The minimum absolute atomic E-state index is 0.197. The number of nitrogens with zero attached hydrogens (tertiary/aromatic N) is 1. The van der Waals surface area contributed by atoms with Gasteiger partial charge in [0.25, 0.3) is 0 Å². The highest BCUT2D eigenvalue weighted by Gasteiger charge is 2.33. The Morgan fingerprint density at radius 1 is 0.800 bits per heavy atom. The molecule has 0 unspecified atom stereocenters. The van der Waals surface area contributed by atoms with Crippen LogP contribution >= 0.6 is 7.14 Å². The summed E-state index contributed by atoms with van der Waals surface area (Å²) in [6.45, 7) is 5.90. The molecule has 0 amide bonds. The molecule has 0 saturated heterocycles. The normalized spacial score (nSPS) is 11.5. The van der Waals surface area contributed by atoms with Crippen molar-refractivity contribution in [1.29, 1.82) is 0 Å². The summed E-state index contributed by atoms with van der Waals surface area (Å²) in [6, 6.07) is 25.9. The van der Waals surface area contributed by atoms with Gasteiger partial charge in [-0.25, -0.2) is 4.79 Å². The predicted molar refractivity (Wildman–Crippen MR) is 125 cm³/mol. The van der Waals surface area contributed by atoms with Crippen LogP contribution in [0.1, 0.15) is 13.8 Å². The fourth-order valence-electron chi connectivity index (χ4n) is 3.80. The third-order valence-corrected chi connectivity index (χ3v) is 8.45. The van der Waals surface area contributed by atoms with Crippen molar-refractivity contribution in [2.45, 2.75) is 13.8 Å². The van der Waals surface area contributed by atoms with Crippen molar-refractivity contribution in [3.8, 4) is 0 Å². The van der Waals surface area contributed by atoms with Gasteiger partial charge in [0.15, 0.2) is 7.14 Å². The molecule has 5 heteroatoms. The summed E-state index contributed by atoms with van der Waals surface area (Å²) in [5.74, 6) is 0. The summed E-state index contributed by atoms with van der Waals surface area (Å²) in [4.78, 5) is 15.3. The van der Waals surface area contributed by atoms with E-state index in [1.54, 1.807) is 30.3 Å². The van der Waals surface area contributed by atoms with Crippen LogP contribution in [0.15, 0.2) is 94.1 Å². The van der Waals surface area contributed by atoms with E-state index in [-0.39, 0.29) is 5.30 Å². The number of fused-ring (bicyclic) bond motifs is 1. The molecule has 0 N–H and O–H groups in total. The highest BCUT2D eigenvalue weighted by molar-refractivity contribution is 7.85. The molecule has 0 aliphatic carbocycles. The Bertz CT molecular complexity index is 1220. The second kappa shape index (κ2) is 8.33. The topological polar surface area (TPSA) is 50.5 Å². The lowest BCUT2D eigenvalue weighted by molar-refractivity contribution is 0.562. The highest BCUT2D eigenvalue weighted by Crippen LogP contribution is 2.41. The third kappa shape index (κ3) is 3.48. The van der Waals surface area contributed by atoms with E-state index >= 15 is 0 Å². The first-order valence-electron chi connectivity index (χ1n) is 10.1. The van der Waals surface area contributed by atoms with E-state index in [0.29, 0.717) is 16.2 Å². The fraction of sp³-hybridized carbons (Fsp3) is 0.160. The fourth-order valence-corrected chi connectivity index (χ4v) is 6.46. The number of anilines is 1. The second-order valence-corrected chi connectivity index (χ2v) is 9.83. The maximum atomic E-state index is 14.5. The minimum atomic E-state index is -3.38. The average Bonchev–Trinajstić information content (AvgIpc) is 2.80. The van der Waals surface area contributed by atoms with Gasteiger partial charge in [-0.2, -0.15) is 0 Å². The van der Waals surface area contributed by atoms with E-state index in [1.165, 1.54) is 0 Å². The van der Waals surface area contributed by atoms with Crippen molar-refractivity contribution in [3.63, 3.8) is 0 Å². The summed E-state index contributed by atoms with van der Waals surface area (Å²) in [6.07, 6.45) is 0. The van der Waals surface area contributed by atoms with Crippen molar-refractivity contribution in [2.24, 2.45) is 0 Å². The van der Waals surface area contributed by atoms with Crippen LogP contribution in [0.2, 0.25) is 0 Å². The van der Waals surface area contributed by atoms with Gasteiger partial charge in [0.1, 0.15) is 10.9 Å². The zero-order chi connectivity index (χ0) is 21.1. The Balaban J connectivity index is 1.95. The first kappa shape index (κ1) is 20.2. The average molecular weight is 417 g/mol. The molecular formula is C25H24NO3P. The summed E-state index contributed by atoms with van der Waals surface area (Å²) >= 11 is 0. The highest BCUT2D eigenvalue weighted by atomic mass is 31.2. The molecule has 0 radical (unpaired) electrons. The molecule has 4 aromatic rings. The third-order valence-electron chi connectivity index (χ3n) is 5.41. The molecule has 3 aromatic carbocycles. The van der Waals surface area contributed by atoms with Crippen LogP contribution in [0.5, 0.6) is 0 Å². The van der Waals surface area contributed by atoms with Crippen molar-refractivity contribution in [3.05, 3.63) is 95.3 Å². The van der Waals surface area contributed by atoms with E-state index in [0.717, 1.165) is 24.2 Å². The van der Waals surface area contributed by atoms with Gasteiger partial charge < -0.3 is 13.9 Å². The Morgan fingerprint density at radius 3 is 1.90 bits per heavy atom. The minimum Gasteiger partial charge on any atom is -0.422 e. The molecule has 1 heterocycles. The SMILES string of the molecule is CCN(CC)c1ccc2cc(P(=O)(c3ccccc3)c3ccccc3)c(=O)oc2c1. The van der Waals surface area contributed by atoms with Gasteiger partial charge in [0, 0.05) is 40.8 Å². The molecule has 1 aromatic heterocycles. The van der Waals surface area contributed by atoms with Crippen LogP contribution in [0.4, 0.5) is 5.69 Å². The second-order valence-electron chi connectivity index (χ2n) is 7.09. The van der Waals surface area contributed by atoms with Crippen LogP contribution in [0.3, 0.4) is 0 Å². The standard InChI is InChI=1S/C25H24NO3P/c1-3-26(4-2)20-16-15-19-17-24(25(27)29-23(19)18-20)30(28,21-11-7-5-8-12-21)22-13-9-6-10-14-22/h5-18H,3-4H2,1-2H3. The number of hydrogen-bond donors (Lipinski definition) is 0. The van der Waals surface area contributed by atoms with Gasteiger partial charge in [0.2, 0.25) is 0 Å². The maximum absolute atomic E-state index is 14.5. The molecule has 30 heavy (non-hydrogen) atoms. The zero-order valence-corrected chi connectivity index (χ0v) is 18.0. The molecule has 0 aliphatic rings. The quantitative estimate of drug-likeness (QED) is 0.347. The van der Waals surface area contributed by atoms with Crippen LogP contribution in [-0.2, 0) is 4.57 Å². The Kier molecular flexibility index (Phi) is 5.61. The lowest BCUT2D eigenvalue weighted by Gasteiger charge is -2.21. The summed E-state index contributed by atoms with van der Waals surface area (Å²) in [7, 11) is -3.38. The van der Waals surface area contributed by atoms with Gasteiger partial charge in [-0.15, -0.1) is 0 Å². The summed E-state index contributed by atoms with van der Waals surface area (Å²) in [5, 5.41) is 2.18. The lowest BCUT2D eigenvalue weighted by Crippen LogP contribution is -2.33. The largest absolute Gasteiger partial charge is 0.422 e. The summed E-state index contributed by atoms with van der Waals surface area (Å²) in [5.41, 5.74) is 0.939. The summed E-state index contributed by atoms with van der Waals surface area (Å²) < 4.78 is 20.2. The van der Waals surface area contributed by atoms with Gasteiger partial charge >= 0.3 is 5.63 Å². The molecule has 4 rings (SSSR count). The van der Waals surface area contributed by atoms with E-state index in [1.807, 2.05) is 54.6 Å². The monoisotopic (exact) mass is 417 g/mol. The lowest BCUT2D eigenvalue weighted by atomic mass is 10.2. The molecule has 0 fully saturated rings. The Hall–Kier alpha value is -3.10. The molecular weight excluding hydrogens is 393 g/mol. The van der Waals surface area contributed by atoms with Gasteiger partial charge in [0.05, 0.1) is 0 Å². The van der Waals surface area contributed by atoms with Crippen molar-refractivity contribution >= 4 is 39.7 Å². The number of benzene rings is 3. The Morgan fingerprint density at radius 2 is 1.37 bits per heavy atom. The van der Waals surface area contributed by atoms with Crippen molar-refractivity contribution < 1.29 is 8.98 Å². The van der Waals surface area contributed by atoms with E-state index in [2.05, 4.69) is 18.7 Å². The van der Waals surface area contributed by atoms with Crippen LogP contribution in [-0.4, -0.2) is 13.1 Å². The van der Waals surface area contributed by atoms with Crippen molar-refractivity contribution in [1.82, 2.24) is 0 Å². The smallest absolute Gasteiger partial charge is 0.347 e. The molecule has 0 spiro atoms. The molecule has 152 valence electrons. The van der Waals surface area contributed by atoms with E-state index < -0.39 is 12.8 Å². The molecule has 0 bridgehead atoms. The van der Waals surface area contributed by atoms with Gasteiger partial charge in [-0.1, -0.05) is 60.7 Å². The number of hydrogen-bond acceptors (Lipinski definition) is 4. The van der Waals surface area contributed by atoms with Crippen LogP contribution in [0, 0.1) is 0 Å². The van der Waals surface area contributed by atoms with Crippen LogP contribution in [0.25, 0.3) is 11.0 Å².